The number of aldehydes is 1. The van der Waals surface area contributed by atoms with Gasteiger partial charge in [0.05, 0.1) is 0 Å². The predicted octanol–water partition coefficient (Wildman–Crippen LogP) is 1.17. The molecule has 0 aromatic heterocycles. The Kier molecular flexibility index (Phi) is 2.80. The molecule has 0 heterocycles. The van der Waals surface area contributed by atoms with Gasteiger partial charge in [-0.1, -0.05) is 6.07 Å². The summed E-state index contributed by atoms with van der Waals surface area (Å²) >= 11 is 0. The van der Waals surface area contributed by atoms with Gasteiger partial charge in [0.15, 0.2) is 0 Å². The van der Waals surface area contributed by atoms with Crippen LogP contribution in [0.15, 0.2) is 18.2 Å². The van der Waals surface area contributed by atoms with E-state index < -0.39 is 0 Å². The van der Waals surface area contributed by atoms with Crippen LogP contribution in [-0.2, 0) is 0 Å². The van der Waals surface area contributed by atoms with Crippen molar-refractivity contribution in [2.24, 2.45) is 0 Å². The van der Waals surface area contributed by atoms with Gasteiger partial charge in [-0.2, -0.15) is 0 Å². The third-order valence-corrected chi connectivity index (χ3v) is 1.89. The van der Waals surface area contributed by atoms with Gasteiger partial charge < -0.3 is 5.32 Å². The third kappa shape index (κ3) is 1.93. The van der Waals surface area contributed by atoms with Crippen molar-refractivity contribution in [2.75, 3.05) is 7.05 Å². The summed E-state index contributed by atoms with van der Waals surface area (Å²) in [6, 6.07) is 4.98. The molecule has 68 valence electrons. The second kappa shape index (κ2) is 3.85. The van der Waals surface area contributed by atoms with Crippen molar-refractivity contribution < 1.29 is 9.59 Å². The molecule has 3 nitrogen and oxygen atoms in total. The lowest BCUT2D eigenvalue weighted by Gasteiger charge is -2.02. The maximum absolute atomic E-state index is 11.2. The molecule has 0 unspecified atom stereocenters. The van der Waals surface area contributed by atoms with E-state index in [1.54, 1.807) is 32.2 Å². The lowest BCUT2D eigenvalue weighted by atomic mass is 10.1. The molecule has 0 saturated heterocycles. The van der Waals surface area contributed by atoms with Crippen LogP contribution in [0.3, 0.4) is 0 Å². The first-order valence-corrected chi connectivity index (χ1v) is 3.97. The highest BCUT2D eigenvalue weighted by Gasteiger charge is 2.04. The van der Waals surface area contributed by atoms with Crippen molar-refractivity contribution in [3.63, 3.8) is 0 Å². The van der Waals surface area contributed by atoms with E-state index in [1.165, 1.54) is 0 Å². The largest absolute Gasteiger partial charge is 0.355 e. The Labute approximate surface area is 76.8 Å². The van der Waals surface area contributed by atoms with Crippen molar-refractivity contribution in [2.45, 2.75) is 6.92 Å². The number of benzene rings is 1. The fraction of sp³-hybridized carbons (Fsp3) is 0.200. The summed E-state index contributed by atoms with van der Waals surface area (Å²) in [5.41, 5.74) is 2.01. The zero-order valence-electron chi connectivity index (χ0n) is 7.63. The molecule has 0 spiro atoms. The van der Waals surface area contributed by atoms with Crippen LogP contribution in [0.25, 0.3) is 0 Å². The smallest absolute Gasteiger partial charge is 0.251 e. The summed E-state index contributed by atoms with van der Waals surface area (Å²) in [5.74, 6) is -0.138. The van der Waals surface area contributed by atoms with Gasteiger partial charge in [-0.15, -0.1) is 0 Å². The van der Waals surface area contributed by atoms with Crippen molar-refractivity contribution in [3.8, 4) is 0 Å². The standard InChI is InChI=1S/C10H11NO2/c1-7-5-8(10(13)11-2)3-4-9(7)6-12/h3-6H,1-2H3,(H,11,13). The van der Waals surface area contributed by atoms with Crippen LogP contribution in [-0.4, -0.2) is 19.2 Å². The Morgan fingerprint density at radius 3 is 2.62 bits per heavy atom. The number of hydrogen-bond acceptors (Lipinski definition) is 2. The number of hydrogen-bond donors (Lipinski definition) is 1. The second-order valence-corrected chi connectivity index (χ2v) is 2.77. The number of rotatable bonds is 2. The molecule has 0 fully saturated rings. The maximum Gasteiger partial charge on any atom is 0.251 e. The molecule has 0 saturated carbocycles. The summed E-state index contributed by atoms with van der Waals surface area (Å²) in [6.45, 7) is 1.80. The minimum absolute atomic E-state index is 0.138. The molecule has 0 radical (unpaired) electrons. The SMILES string of the molecule is CNC(=O)c1ccc(C=O)c(C)c1. The summed E-state index contributed by atoms with van der Waals surface area (Å²) in [6.07, 6.45) is 0.781. The van der Waals surface area contributed by atoms with E-state index in [2.05, 4.69) is 5.32 Å². The molecule has 1 aromatic rings. The number of carbonyl (C=O) groups is 2. The monoisotopic (exact) mass is 177 g/mol. The molecule has 0 aliphatic rings. The van der Waals surface area contributed by atoms with E-state index in [0.717, 1.165) is 11.8 Å². The molecule has 1 rings (SSSR count). The van der Waals surface area contributed by atoms with Crippen molar-refractivity contribution in [1.29, 1.82) is 0 Å². The first-order valence-electron chi connectivity index (χ1n) is 3.97. The van der Waals surface area contributed by atoms with Crippen LogP contribution in [0.1, 0.15) is 26.3 Å². The molecule has 1 aromatic carbocycles. The molecule has 13 heavy (non-hydrogen) atoms. The summed E-state index contributed by atoms with van der Waals surface area (Å²) in [4.78, 5) is 21.6. The van der Waals surface area contributed by atoms with E-state index in [4.69, 9.17) is 0 Å². The summed E-state index contributed by atoms with van der Waals surface area (Å²) < 4.78 is 0. The zero-order valence-corrected chi connectivity index (χ0v) is 7.63. The van der Waals surface area contributed by atoms with Crippen LogP contribution in [0.5, 0.6) is 0 Å². The number of amides is 1. The zero-order chi connectivity index (χ0) is 9.84. The predicted molar refractivity (Wildman–Crippen MR) is 50.0 cm³/mol. The van der Waals surface area contributed by atoms with Crippen LogP contribution >= 0.6 is 0 Å². The fourth-order valence-electron chi connectivity index (χ4n) is 1.09. The highest BCUT2D eigenvalue weighted by atomic mass is 16.1. The Morgan fingerprint density at radius 2 is 2.15 bits per heavy atom. The Morgan fingerprint density at radius 1 is 1.46 bits per heavy atom. The molecular formula is C10H11NO2. The number of carbonyl (C=O) groups excluding carboxylic acids is 2. The average molecular weight is 177 g/mol. The van der Waals surface area contributed by atoms with Gasteiger partial charge in [-0.25, -0.2) is 0 Å². The number of nitrogens with one attached hydrogen (secondary N) is 1. The van der Waals surface area contributed by atoms with E-state index in [-0.39, 0.29) is 5.91 Å². The van der Waals surface area contributed by atoms with Crippen LogP contribution < -0.4 is 5.32 Å². The molecule has 1 amide bonds. The van der Waals surface area contributed by atoms with Crippen molar-refractivity contribution in [1.82, 2.24) is 5.32 Å². The minimum Gasteiger partial charge on any atom is -0.355 e. The Hall–Kier alpha value is -1.64. The van der Waals surface area contributed by atoms with E-state index in [0.29, 0.717) is 11.1 Å². The Balaban J connectivity index is 3.09. The lowest BCUT2D eigenvalue weighted by molar-refractivity contribution is 0.0962. The van der Waals surface area contributed by atoms with E-state index >= 15 is 0 Å². The second-order valence-electron chi connectivity index (χ2n) is 2.77. The molecular weight excluding hydrogens is 166 g/mol. The molecule has 0 aliphatic heterocycles. The molecule has 3 heteroatoms. The first kappa shape index (κ1) is 9.45. The molecule has 0 aliphatic carbocycles. The highest BCUT2D eigenvalue weighted by Crippen LogP contribution is 2.08. The molecule has 0 atom stereocenters. The number of aryl methyl sites for hydroxylation is 1. The third-order valence-electron chi connectivity index (χ3n) is 1.89. The van der Waals surface area contributed by atoms with E-state index in [1.807, 2.05) is 0 Å². The average Bonchev–Trinajstić information content (AvgIpc) is 2.16. The van der Waals surface area contributed by atoms with Gasteiger partial charge in [0.1, 0.15) is 6.29 Å². The van der Waals surface area contributed by atoms with Crippen molar-refractivity contribution >= 4 is 12.2 Å². The quantitative estimate of drug-likeness (QED) is 0.689. The topological polar surface area (TPSA) is 46.2 Å². The maximum atomic E-state index is 11.2. The molecule has 1 N–H and O–H groups in total. The fourth-order valence-corrected chi connectivity index (χ4v) is 1.09. The van der Waals surface area contributed by atoms with Crippen molar-refractivity contribution in [3.05, 3.63) is 34.9 Å². The first-order chi connectivity index (χ1) is 6.19. The van der Waals surface area contributed by atoms with Gasteiger partial charge in [0, 0.05) is 18.2 Å². The van der Waals surface area contributed by atoms with Gasteiger partial charge >= 0.3 is 0 Å². The van der Waals surface area contributed by atoms with Gasteiger partial charge in [0.25, 0.3) is 5.91 Å². The van der Waals surface area contributed by atoms with Crippen LogP contribution in [0.2, 0.25) is 0 Å². The van der Waals surface area contributed by atoms with Gasteiger partial charge in [-0.05, 0) is 24.6 Å². The highest BCUT2D eigenvalue weighted by molar-refractivity contribution is 5.95. The normalized spacial score (nSPS) is 9.38. The Bertz CT molecular complexity index is 345. The van der Waals surface area contributed by atoms with Gasteiger partial charge in [0.2, 0.25) is 0 Å². The lowest BCUT2D eigenvalue weighted by Crippen LogP contribution is -2.17. The molecule has 0 bridgehead atoms. The van der Waals surface area contributed by atoms with Crippen LogP contribution in [0.4, 0.5) is 0 Å². The minimum atomic E-state index is -0.138. The van der Waals surface area contributed by atoms with E-state index in [9.17, 15) is 9.59 Å². The summed E-state index contributed by atoms with van der Waals surface area (Å²) in [7, 11) is 1.57. The van der Waals surface area contributed by atoms with Crippen LogP contribution in [0, 0.1) is 6.92 Å². The summed E-state index contributed by atoms with van der Waals surface area (Å²) in [5, 5.41) is 2.52. The van der Waals surface area contributed by atoms with Gasteiger partial charge in [-0.3, -0.25) is 9.59 Å².